The van der Waals surface area contributed by atoms with Gasteiger partial charge >= 0.3 is 11.4 Å². The summed E-state index contributed by atoms with van der Waals surface area (Å²) in [6.45, 7) is 6.52. The average Bonchev–Trinajstić information content (AvgIpc) is 2.59. The number of halogens is 2. The van der Waals surface area contributed by atoms with Gasteiger partial charge < -0.3 is 9.15 Å². The predicted molar refractivity (Wildman–Crippen MR) is 110 cm³/mol. The van der Waals surface area contributed by atoms with Crippen LogP contribution in [0.2, 0.25) is 5.02 Å². The van der Waals surface area contributed by atoms with Gasteiger partial charge in [0.05, 0.1) is 17.5 Å². The molecule has 0 fully saturated rings. The van der Waals surface area contributed by atoms with Crippen molar-refractivity contribution in [1.29, 1.82) is 0 Å². The fourth-order valence-electron chi connectivity index (χ4n) is 3.05. The molecule has 7 heteroatoms. The normalized spacial score (nSPS) is 11.1. The maximum Gasteiger partial charge on any atom is 0.422 e. The standard InChI is InChI=1S/C20H19BrClNO4/c1-11-7-15-18(16(21)8-11)23(20(25)27-19(15)24)5-4-6-26-14-9-12(2)17(22)13(3)10-14/h7-10H,4-6H2,1-3H3. The number of hydrogen-bond donors (Lipinski definition) is 0. The smallest absolute Gasteiger partial charge is 0.422 e. The van der Waals surface area contributed by atoms with Crippen molar-refractivity contribution in [1.82, 2.24) is 4.57 Å². The number of nitrogens with zero attached hydrogens (tertiary/aromatic N) is 1. The molecule has 3 aromatic rings. The van der Waals surface area contributed by atoms with Crippen molar-refractivity contribution in [3.8, 4) is 5.75 Å². The third kappa shape index (κ3) is 4.12. The van der Waals surface area contributed by atoms with E-state index in [-0.39, 0.29) is 0 Å². The fraction of sp³-hybridized carbons (Fsp3) is 0.300. The second kappa shape index (κ2) is 7.90. The van der Waals surface area contributed by atoms with Gasteiger partial charge in [0, 0.05) is 16.0 Å². The fourth-order valence-corrected chi connectivity index (χ4v) is 3.95. The average molecular weight is 453 g/mol. The maximum atomic E-state index is 12.2. The first-order valence-corrected chi connectivity index (χ1v) is 9.68. The second-order valence-electron chi connectivity index (χ2n) is 6.52. The monoisotopic (exact) mass is 451 g/mol. The summed E-state index contributed by atoms with van der Waals surface area (Å²) in [6.07, 6.45) is 0.573. The molecular weight excluding hydrogens is 434 g/mol. The van der Waals surface area contributed by atoms with Crippen molar-refractivity contribution >= 4 is 38.4 Å². The summed E-state index contributed by atoms with van der Waals surface area (Å²) in [5, 5.41) is 1.12. The Balaban J connectivity index is 1.80. The van der Waals surface area contributed by atoms with Crippen LogP contribution in [-0.4, -0.2) is 11.2 Å². The van der Waals surface area contributed by atoms with Gasteiger partial charge in [-0.1, -0.05) is 11.6 Å². The molecule has 0 bridgehead atoms. The second-order valence-corrected chi connectivity index (χ2v) is 7.76. The molecule has 0 spiro atoms. The molecule has 0 radical (unpaired) electrons. The minimum absolute atomic E-state index is 0.367. The van der Waals surface area contributed by atoms with Crippen LogP contribution in [0.25, 0.3) is 10.9 Å². The molecule has 0 aliphatic rings. The molecule has 142 valence electrons. The summed E-state index contributed by atoms with van der Waals surface area (Å²) < 4.78 is 12.8. The number of fused-ring (bicyclic) bond motifs is 1. The lowest BCUT2D eigenvalue weighted by molar-refractivity contribution is 0.296. The molecule has 0 unspecified atom stereocenters. The van der Waals surface area contributed by atoms with E-state index in [9.17, 15) is 9.59 Å². The van der Waals surface area contributed by atoms with Gasteiger partial charge in [-0.15, -0.1) is 0 Å². The lowest BCUT2D eigenvalue weighted by Crippen LogP contribution is -2.26. The van der Waals surface area contributed by atoms with E-state index in [0.29, 0.717) is 34.9 Å². The van der Waals surface area contributed by atoms with E-state index in [1.807, 2.05) is 39.0 Å². The molecule has 0 amide bonds. The largest absolute Gasteiger partial charge is 0.494 e. The SMILES string of the molecule is Cc1cc(Br)c2c(c1)c(=O)oc(=O)n2CCCOc1cc(C)c(Cl)c(C)c1. The molecule has 0 saturated carbocycles. The van der Waals surface area contributed by atoms with E-state index in [4.69, 9.17) is 20.8 Å². The minimum atomic E-state index is -0.671. The molecule has 1 heterocycles. The Hall–Kier alpha value is -2.05. The minimum Gasteiger partial charge on any atom is -0.494 e. The summed E-state index contributed by atoms with van der Waals surface area (Å²) in [4.78, 5) is 24.2. The quantitative estimate of drug-likeness (QED) is 0.523. The highest BCUT2D eigenvalue weighted by atomic mass is 79.9. The van der Waals surface area contributed by atoms with Crippen molar-refractivity contribution < 1.29 is 9.15 Å². The van der Waals surface area contributed by atoms with Crippen molar-refractivity contribution in [3.05, 3.63) is 71.4 Å². The van der Waals surface area contributed by atoms with Gasteiger partial charge in [-0.25, -0.2) is 9.59 Å². The van der Waals surface area contributed by atoms with Crippen LogP contribution in [0.4, 0.5) is 0 Å². The lowest BCUT2D eigenvalue weighted by atomic mass is 10.1. The zero-order valence-corrected chi connectivity index (χ0v) is 17.6. The third-order valence-electron chi connectivity index (χ3n) is 4.30. The zero-order chi connectivity index (χ0) is 19.7. The molecule has 0 atom stereocenters. The van der Waals surface area contributed by atoms with Crippen LogP contribution in [0.1, 0.15) is 23.1 Å². The number of rotatable bonds is 5. The highest BCUT2D eigenvalue weighted by Gasteiger charge is 2.13. The van der Waals surface area contributed by atoms with Crippen molar-refractivity contribution in [3.63, 3.8) is 0 Å². The zero-order valence-electron chi connectivity index (χ0n) is 15.3. The van der Waals surface area contributed by atoms with Crippen molar-refractivity contribution in [2.24, 2.45) is 0 Å². The number of ether oxygens (including phenoxy) is 1. The molecule has 3 rings (SSSR count). The molecule has 0 saturated heterocycles. The summed E-state index contributed by atoms with van der Waals surface area (Å²) in [5.41, 5.74) is 2.73. The van der Waals surface area contributed by atoms with Gasteiger partial charge in [0.15, 0.2) is 0 Å². The predicted octanol–water partition coefficient (Wildman–Crippen LogP) is 4.76. The molecule has 2 aromatic carbocycles. The number of aryl methyl sites for hydroxylation is 4. The summed E-state index contributed by atoms with van der Waals surface area (Å²) in [5.74, 6) is 0.0678. The first-order valence-electron chi connectivity index (χ1n) is 8.51. The van der Waals surface area contributed by atoms with Crippen LogP contribution in [-0.2, 0) is 6.54 Å². The molecule has 27 heavy (non-hydrogen) atoms. The van der Waals surface area contributed by atoms with Crippen LogP contribution in [0, 0.1) is 20.8 Å². The van der Waals surface area contributed by atoms with E-state index in [0.717, 1.165) is 27.5 Å². The molecular formula is C20H19BrClNO4. The van der Waals surface area contributed by atoms with Gasteiger partial charge in [-0.3, -0.25) is 4.57 Å². The van der Waals surface area contributed by atoms with Gasteiger partial charge in [-0.05, 0) is 84.1 Å². The lowest BCUT2D eigenvalue weighted by Gasteiger charge is -2.12. The van der Waals surface area contributed by atoms with Gasteiger partial charge in [-0.2, -0.15) is 0 Å². The maximum absolute atomic E-state index is 12.2. The van der Waals surface area contributed by atoms with E-state index in [1.54, 1.807) is 6.07 Å². The first-order chi connectivity index (χ1) is 12.8. The summed E-state index contributed by atoms with van der Waals surface area (Å²) in [6, 6.07) is 7.36. The molecule has 0 aliphatic heterocycles. The van der Waals surface area contributed by atoms with Gasteiger partial charge in [0.25, 0.3) is 0 Å². The van der Waals surface area contributed by atoms with Crippen LogP contribution >= 0.6 is 27.5 Å². The van der Waals surface area contributed by atoms with E-state index in [1.165, 1.54) is 4.57 Å². The van der Waals surface area contributed by atoms with Gasteiger partial charge in [0.2, 0.25) is 0 Å². The Morgan fingerprint density at radius 2 is 1.78 bits per heavy atom. The molecule has 0 aliphatic carbocycles. The number of aromatic nitrogens is 1. The third-order valence-corrected chi connectivity index (χ3v) is 5.50. The number of hydrogen-bond acceptors (Lipinski definition) is 4. The van der Waals surface area contributed by atoms with Crippen LogP contribution in [0.15, 0.2) is 42.7 Å². The Morgan fingerprint density at radius 1 is 1.11 bits per heavy atom. The Labute approximate surface area is 169 Å². The Morgan fingerprint density at radius 3 is 2.44 bits per heavy atom. The van der Waals surface area contributed by atoms with Crippen LogP contribution in [0.3, 0.4) is 0 Å². The van der Waals surface area contributed by atoms with Crippen LogP contribution in [0.5, 0.6) is 5.75 Å². The summed E-state index contributed by atoms with van der Waals surface area (Å²) in [7, 11) is 0. The van der Waals surface area contributed by atoms with E-state index in [2.05, 4.69) is 15.9 Å². The van der Waals surface area contributed by atoms with Gasteiger partial charge in [0.1, 0.15) is 5.75 Å². The Kier molecular flexibility index (Phi) is 5.77. The molecule has 5 nitrogen and oxygen atoms in total. The van der Waals surface area contributed by atoms with Crippen molar-refractivity contribution in [2.45, 2.75) is 33.7 Å². The highest BCUT2D eigenvalue weighted by molar-refractivity contribution is 9.10. The number of benzene rings is 2. The topological polar surface area (TPSA) is 61.4 Å². The van der Waals surface area contributed by atoms with E-state index >= 15 is 0 Å². The van der Waals surface area contributed by atoms with E-state index < -0.39 is 11.4 Å². The Bertz CT molecular complexity index is 1110. The molecule has 1 aromatic heterocycles. The first kappa shape index (κ1) is 19.7. The summed E-state index contributed by atoms with van der Waals surface area (Å²) >= 11 is 9.62. The van der Waals surface area contributed by atoms with Crippen molar-refractivity contribution in [2.75, 3.05) is 6.61 Å². The van der Waals surface area contributed by atoms with Crippen LogP contribution < -0.4 is 16.1 Å². The molecule has 0 N–H and O–H groups in total. The highest BCUT2D eigenvalue weighted by Crippen LogP contribution is 2.26.